The number of carbonyl (C=O) groups excluding carboxylic acids is 2. The summed E-state index contributed by atoms with van der Waals surface area (Å²) in [5, 5.41) is 0. The number of cyclic esters (lactones) is 1. The SMILES string of the molecule is O=C1C=CC2(CCOC2=O)CC1. The van der Waals surface area contributed by atoms with Crippen LogP contribution in [0.3, 0.4) is 0 Å². The molecule has 1 spiro atoms. The van der Waals surface area contributed by atoms with Crippen molar-refractivity contribution in [1.29, 1.82) is 0 Å². The maximum Gasteiger partial charge on any atom is 0.316 e. The van der Waals surface area contributed by atoms with Gasteiger partial charge in [0.15, 0.2) is 5.78 Å². The normalized spacial score (nSPS) is 34.3. The van der Waals surface area contributed by atoms with Crippen molar-refractivity contribution in [2.45, 2.75) is 19.3 Å². The summed E-state index contributed by atoms with van der Waals surface area (Å²) in [6, 6.07) is 0. The van der Waals surface area contributed by atoms with E-state index in [0.717, 1.165) is 6.42 Å². The van der Waals surface area contributed by atoms with Gasteiger partial charge in [0, 0.05) is 12.8 Å². The third-order valence-corrected chi connectivity index (χ3v) is 2.59. The monoisotopic (exact) mass is 166 g/mol. The fourth-order valence-electron chi connectivity index (χ4n) is 1.72. The number of esters is 1. The fourth-order valence-corrected chi connectivity index (χ4v) is 1.72. The van der Waals surface area contributed by atoms with E-state index < -0.39 is 5.41 Å². The number of ketones is 1. The lowest BCUT2D eigenvalue weighted by Gasteiger charge is -2.22. The van der Waals surface area contributed by atoms with Crippen molar-refractivity contribution in [2.24, 2.45) is 5.41 Å². The zero-order valence-electron chi connectivity index (χ0n) is 6.71. The quantitative estimate of drug-likeness (QED) is 0.501. The first kappa shape index (κ1) is 7.53. The summed E-state index contributed by atoms with van der Waals surface area (Å²) < 4.78 is 4.88. The zero-order valence-corrected chi connectivity index (χ0v) is 6.71. The van der Waals surface area contributed by atoms with Crippen molar-refractivity contribution >= 4 is 11.8 Å². The third kappa shape index (κ3) is 0.967. The number of rotatable bonds is 0. The van der Waals surface area contributed by atoms with Gasteiger partial charge in [-0.25, -0.2) is 0 Å². The number of carbonyl (C=O) groups is 2. The van der Waals surface area contributed by atoms with E-state index in [1.807, 2.05) is 0 Å². The molecular weight excluding hydrogens is 156 g/mol. The average Bonchev–Trinajstić information content (AvgIpc) is 2.41. The molecule has 1 unspecified atom stereocenters. The van der Waals surface area contributed by atoms with Crippen LogP contribution in [0.25, 0.3) is 0 Å². The molecule has 12 heavy (non-hydrogen) atoms. The lowest BCUT2D eigenvalue weighted by atomic mass is 9.78. The maximum atomic E-state index is 11.3. The fraction of sp³-hybridized carbons (Fsp3) is 0.556. The molecule has 2 rings (SSSR count). The largest absolute Gasteiger partial charge is 0.465 e. The molecule has 0 amide bonds. The summed E-state index contributed by atoms with van der Waals surface area (Å²) in [6.45, 7) is 0.497. The molecule has 1 heterocycles. The van der Waals surface area contributed by atoms with Gasteiger partial charge in [0.2, 0.25) is 0 Å². The van der Waals surface area contributed by atoms with E-state index in [1.165, 1.54) is 6.08 Å². The van der Waals surface area contributed by atoms with E-state index in [4.69, 9.17) is 4.74 Å². The standard InChI is InChI=1S/C9H10O3/c10-7-1-3-9(4-2-7)5-6-12-8(9)11/h1,3H,2,4-6H2. The number of hydrogen-bond donors (Lipinski definition) is 0. The van der Waals surface area contributed by atoms with E-state index in [0.29, 0.717) is 19.4 Å². The number of allylic oxidation sites excluding steroid dienone is 1. The first-order valence-electron chi connectivity index (χ1n) is 4.12. The molecule has 64 valence electrons. The van der Waals surface area contributed by atoms with E-state index in [-0.39, 0.29) is 11.8 Å². The lowest BCUT2D eigenvalue weighted by molar-refractivity contribution is -0.144. The van der Waals surface area contributed by atoms with Gasteiger partial charge in [-0.2, -0.15) is 0 Å². The molecule has 0 bridgehead atoms. The van der Waals surface area contributed by atoms with E-state index >= 15 is 0 Å². The Bertz CT molecular complexity index is 267. The van der Waals surface area contributed by atoms with Crippen LogP contribution in [0.2, 0.25) is 0 Å². The van der Waals surface area contributed by atoms with Crippen molar-refractivity contribution in [1.82, 2.24) is 0 Å². The average molecular weight is 166 g/mol. The van der Waals surface area contributed by atoms with Crippen molar-refractivity contribution in [2.75, 3.05) is 6.61 Å². The highest BCUT2D eigenvalue weighted by Crippen LogP contribution is 2.38. The Morgan fingerprint density at radius 1 is 1.33 bits per heavy atom. The second kappa shape index (κ2) is 2.44. The second-order valence-electron chi connectivity index (χ2n) is 3.34. The van der Waals surface area contributed by atoms with Crippen LogP contribution in [-0.2, 0) is 14.3 Å². The van der Waals surface area contributed by atoms with Gasteiger partial charge in [0.1, 0.15) is 0 Å². The first-order chi connectivity index (χ1) is 5.73. The molecule has 0 aromatic heterocycles. The summed E-state index contributed by atoms with van der Waals surface area (Å²) in [7, 11) is 0. The molecule has 0 N–H and O–H groups in total. The minimum absolute atomic E-state index is 0.111. The van der Waals surface area contributed by atoms with E-state index in [9.17, 15) is 9.59 Å². The summed E-state index contributed by atoms with van der Waals surface area (Å²) in [6.07, 6.45) is 5.06. The van der Waals surface area contributed by atoms with Gasteiger partial charge in [0.25, 0.3) is 0 Å². The molecule has 1 aliphatic carbocycles. The van der Waals surface area contributed by atoms with Crippen LogP contribution in [0.1, 0.15) is 19.3 Å². The Hall–Kier alpha value is -1.12. The molecule has 0 radical (unpaired) electrons. The third-order valence-electron chi connectivity index (χ3n) is 2.59. The summed E-state index contributed by atoms with van der Waals surface area (Å²) in [5.74, 6) is -0.0495. The molecule has 1 aliphatic heterocycles. The molecule has 1 atom stereocenters. The molecule has 1 saturated heterocycles. The Morgan fingerprint density at radius 3 is 2.67 bits per heavy atom. The lowest BCUT2D eigenvalue weighted by Crippen LogP contribution is -2.27. The summed E-state index contributed by atoms with van der Waals surface area (Å²) in [4.78, 5) is 22.1. The minimum atomic E-state index is -0.450. The Labute approximate surface area is 70.4 Å². The molecule has 3 heteroatoms. The van der Waals surface area contributed by atoms with Crippen molar-refractivity contribution < 1.29 is 14.3 Å². The maximum absolute atomic E-state index is 11.3. The van der Waals surface area contributed by atoms with Gasteiger partial charge in [-0.1, -0.05) is 6.08 Å². The van der Waals surface area contributed by atoms with Crippen LogP contribution in [0.5, 0.6) is 0 Å². The Morgan fingerprint density at radius 2 is 2.17 bits per heavy atom. The van der Waals surface area contributed by atoms with Crippen LogP contribution in [0, 0.1) is 5.41 Å². The molecule has 2 aliphatic rings. The van der Waals surface area contributed by atoms with E-state index in [1.54, 1.807) is 6.08 Å². The van der Waals surface area contributed by atoms with Gasteiger partial charge in [-0.15, -0.1) is 0 Å². The molecule has 1 fully saturated rings. The minimum Gasteiger partial charge on any atom is -0.465 e. The number of hydrogen-bond acceptors (Lipinski definition) is 3. The topological polar surface area (TPSA) is 43.4 Å². The summed E-state index contributed by atoms with van der Waals surface area (Å²) in [5.41, 5.74) is -0.450. The predicted octanol–water partition coefficient (Wildman–Crippen LogP) is 0.839. The number of ether oxygens (including phenoxy) is 1. The smallest absolute Gasteiger partial charge is 0.316 e. The summed E-state index contributed by atoms with van der Waals surface area (Å²) >= 11 is 0. The van der Waals surface area contributed by atoms with Gasteiger partial charge in [0.05, 0.1) is 12.0 Å². The van der Waals surface area contributed by atoms with Crippen LogP contribution < -0.4 is 0 Å². The van der Waals surface area contributed by atoms with Crippen LogP contribution in [0.4, 0.5) is 0 Å². The van der Waals surface area contributed by atoms with Crippen molar-refractivity contribution in [3.8, 4) is 0 Å². The highest BCUT2D eigenvalue weighted by Gasteiger charge is 2.43. The van der Waals surface area contributed by atoms with Crippen LogP contribution >= 0.6 is 0 Å². The van der Waals surface area contributed by atoms with Crippen LogP contribution in [0.15, 0.2) is 12.2 Å². The highest BCUT2D eigenvalue weighted by molar-refractivity contribution is 5.94. The first-order valence-corrected chi connectivity index (χ1v) is 4.12. The van der Waals surface area contributed by atoms with Gasteiger partial charge < -0.3 is 4.74 Å². The van der Waals surface area contributed by atoms with Crippen LogP contribution in [-0.4, -0.2) is 18.4 Å². The molecule has 0 saturated carbocycles. The van der Waals surface area contributed by atoms with Crippen molar-refractivity contribution in [3.63, 3.8) is 0 Å². The van der Waals surface area contributed by atoms with Gasteiger partial charge in [-0.05, 0) is 12.5 Å². The molecule has 3 nitrogen and oxygen atoms in total. The Balaban J connectivity index is 2.27. The van der Waals surface area contributed by atoms with Gasteiger partial charge in [-0.3, -0.25) is 9.59 Å². The van der Waals surface area contributed by atoms with Gasteiger partial charge >= 0.3 is 5.97 Å². The highest BCUT2D eigenvalue weighted by atomic mass is 16.5. The van der Waals surface area contributed by atoms with Crippen molar-refractivity contribution in [3.05, 3.63) is 12.2 Å². The Kier molecular flexibility index (Phi) is 1.53. The molecule has 0 aromatic carbocycles. The predicted molar refractivity (Wildman–Crippen MR) is 41.4 cm³/mol. The van der Waals surface area contributed by atoms with E-state index in [2.05, 4.69) is 0 Å². The molecule has 0 aromatic rings. The molecular formula is C9H10O3. The zero-order chi connectivity index (χ0) is 8.60. The second-order valence-corrected chi connectivity index (χ2v) is 3.34.